The van der Waals surface area contributed by atoms with Gasteiger partial charge in [-0.25, -0.2) is 4.39 Å². The highest BCUT2D eigenvalue weighted by atomic mass is 19.1. The number of hydrogen-bond donors (Lipinski definition) is 0. The van der Waals surface area contributed by atoms with Crippen molar-refractivity contribution in [3.05, 3.63) is 60.2 Å². The lowest BCUT2D eigenvalue weighted by Gasteiger charge is -2.47. The molecule has 1 saturated heterocycles. The van der Waals surface area contributed by atoms with Gasteiger partial charge >= 0.3 is 11.9 Å². The molecule has 1 aromatic heterocycles. The van der Waals surface area contributed by atoms with Crippen LogP contribution in [0.4, 0.5) is 4.39 Å². The van der Waals surface area contributed by atoms with Gasteiger partial charge in [-0.1, -0.05) is 24.3 Å². The standard InChI is InChI=1S/C30H34FNO4/c1-3-35-28(33)14-19-7-11-25-22(13-19)16-27-29(18(2)36-30(27)34)26(25)12-10-24-9-8-21(17-32-24)20-5-4-6-23(31)15-20/h4-6,8-10,12,15,17-19,22,25-27,29H,3,7,11,13-14,16H2,1-2H3/b12-10+/t18-,19-,22+,25-,26+,27-,29+/m1/s1. The van der Waals surface area contributed by atoms with E-state index in [1.165, 1.54) is 12.1 Å². The van der Waals surface area contributed by atoms with Crippen molar-refractivity contribution in [2.75, 3.05) is 6.61 Å². The van der Waals surface area contributed by atoms with E-state index in [2.05, 4.69) is 17.1 Å². The average molecular weight is 492 g/mol. The highest BCUT2D eigenvalue weighted by Crippen LogP contribution is 2.54. The molecule has 5 nitrogen and oxygen atoms in total. The quantitative estimate of drug-likeness (QED) is 0.458. The number of hydrogen-bond acceptors (Lipinski definition) is 5. The van der Waals surface area contributed by atoms with Crippen LogP contribution in [0.5, 0.6) is 0 Å². The van der Waals surface area contributed by atoms with Crippen molar-refractivity contribution in [3.63, 3.8) is 0 Å². The molecule has 1 aliphatic heterocycles. The van der Waals surface area contributed by atoms with Crippen LogP contribution in [0.15, 0.2) is 48.7 Å². The molecule has 1 aromatic carbocycles. The Morgan fingerprint density at radius 1 is 1.19 bits per heavy atom. The van der Waals surface area contributed by atoms with E-state index in [0.29, 0.717) is 30.8 Å². The number of ether oxygens (including phenoxy) is 2. The Kier molecular flexibility index (Phi) is 7.22. The maximum Gasteiger partial charge on any atom is 0.309 e. The Morgan fingerprint density at radius 3 is 2.81 bits per heavy atom. The summed E-state index contributed by atoms with van der Waals surface area (Å²) in [7, 11) is 0. The zero-order valence-electron chi connectivity index (χ0n) is 20.9. The van der Waals surface area contributed by atoms with Gasteiger partial charge in [-0.2, -0.15) is 0 Å². The van der Waals surface area contributed by atoms with E-state index in [4.69, 9.17) is 9.47 Å². The Morgan fingerprint density at radius 2 is 2.06 bits per heavy atom. The highest BCUT2D eigenvalue weighted by Gasteiger charge is 2.54. The second-order valence-corrected chi connectivity index (χ2v) is 10.6. The van der Waals surface area contributed by atoms with Crippen molar-refractivity contribution in [3.8, 4) is 11.1 Å². The van der Waals surface area contributed by atoms with E-state index in [1.807, 2.05) is 32.0 Å². The summed E-state index contributed by atoms with van der Waals surface area (Å²) >= 11 is 0. The molecule has 3 aliphatic rings. The second-order valence-electron chi connectivity index (χ2n) is 10.6. The van der Waals surface area contributed by atoms with Gasteiger partial charge in [-0.05, 0) is 93.0 Å². The van der Waals surface area contributed by atoms with Crippen LogP contribution in [0.1, 0.15) is 51.6 Å². The van der Waals surface area contributed by atoms with Crippen LogP contribution in [0.2, 0.25) is 0 Å². The summed E-state index contributed by atoms with van der Waals surface area (Å²) in [6.07, 6.45) is 10.3. The van der Waals surface area contributed by atoms with Crippen LogP contribution in [-0.2, 0) is 19.1 Å². The lowest BCUT2D eigenvalue weighted by molar-refractivity contribution is -0.146. The number of carbonyl (C=O) groups is 2. The third-order valence-electron chi connectivity index (χ3n) is 8.45. The number of cyclic esters (lactones) is 1. The van der Waals surface area contributed by atoms with E-state index in [9.17, 15) is 14.0 Å². The summed E-state index contributed by atoms with van der Waals surface area (Å²) in [5.74, 6) is 1.03. The number of carbonyl (C=O) groups excluding carboxylic acids is 2. The fourth-order valence-corrected chi connectivity index (χ4v) is 6.91. The molecule has 36 heavy (non-hydrogen) atoms. The fourth-order valence-electron chi connectivity index (χ4n) is 6.91. The molecule has 190 valence electrons. The number of fused-ring (bicyclic) bond motifs is 2. The van der Waals surface area contributed by atoms with Gasteiger partial charge in [0.25, 0.3) is 0 Å². The third kappa shape index (κ3) is 5.09. The van der Waals surface area contributed by atoms with Crippen molar-refractivity contribution >= 4 is 18.0 Å². The van der Waals surface area contributed by atoms with Crippen LogP contribution in [0.25, 0.3) is 17.2 Å². The van der Waals surface area contributed by atoms with E-state index in [0.717, 1.165) is 42.5 Å². The van der Waals surface area contributed by atoms with Crippen molar-refractivity contribution in [1.29, 1.82) is 0 Å². The monoisotopic (exact) mass is 491 g/mol. The summed E-state index contributed by atoms with van der Waals surface area (Å²) in [4.78, 5) is 29.4. The van der Waals surface area contributed by atoms with Crippen molar-refractivity contribution < 1.29 is 23.5 Å². The van der Waals surface area contributed by atoms with Gasteiger partial charge in [0.1, 0.15) is 11.9 Å². The molecule has 0 unspecified atom stereocenters. The summed E-state index contributed by atoms with van der Waals surface area (Å²) in [6, 6.07) is 10.4. The molecule has 2 heterocycles. The second kappa shape index (κ2) is 10.5. The number of rotatable bonds is 6. The van der Waals surface area contributed by atoms with Gasteiger partial charge in [-0.3, -0.25) is 14.6 Å². The predicted molar refractivity (Wildman–Crippen MR) is 135 cm³/mol. The minimum absolute atomic E-state index is 0.0746. The smallest absolute Gasteiger partial charge is 0.309 e. The topological polar surface area (TPSA) is 65.5 Å². The normalized spacial score (nSPS) is 31.5. The lowest BCUT2D eigenvalue weighted by atomic mass is 9.56. The Labute approximate surface area is 212 Å². The first-order chi connectivity index (χ1) is 17.4. The molecule has 5 rings (SSSR count). The minimum atomic E-state index is -0.266. The van der Waals surface area contributed by atoms with Gasteiger partial charge in [-0.15, -0.1) is 0 Å². The van der Waals surface area contributed by atoms with Gasteiger partial charge in [0, 0.05) is 24.1 Å². The van der Waals surface area contributed by atoms with Gasteiger partial charge in [0.2, 0.25) is 0 Å². The zero-order chi connectivity index (χ0) is 25.2. The third-order valence-corrected chi connectivity index (χ3v) is 8.45. The molecule has 0 radical (unpaired) electrons. The molecule has 3 fully saturated rings. The summed E-state index contributed by atoms with van der Waals surface area (Å²) in [6.45, 7) is 4.27. The maximum absolute atomic E-state index is 13.6. The molecule has 2 aromatic rings. The SMILES string of the molecule is CCOC(=O)C[C@@H]1CC[C@@H]2[C@@H](C1)C[C@H]1C(=O)O[C@H](C)[C@H]1[C@H]2/C=C/c1ccc(-c2cccc(F)c2)cn1. The van der Waals surface area contributed by atoms with Gasteiger partial charge in [0.15, 0.2) is 0 Å². The summed E-state index contributed by atoms with van der Waals surface area (Å²) < 4.78 is 24.5. The van der Waals surface area contributed by atoms with E-state index < -0.39 is 0 Å². The number of halogens is 1. The summed E-state index contributed by atoms with van der Waals surface area (Å²) in [5.41, 5.74) is 2.50. The van der Waals surface area contributed by atoms with Gasteiger partial charge in [0.05, 0.1) is 18.2 Å². The van der Waals surface area contributed by atoms with E-state index in [1.54, 1.807) is 12.3 Å². The van der Waals surface area contributed by atoms with Crippen LogP contribution in [-0.4, -0.2) is 29.6 Å². The first-order valence-electron chi connectivity index (χ1n) is 13.2. The zero-order valence-corrected chi connectivity index (χ0v) is 20.9. The number of aromatic nitrogens is 1. The Hall–Kier alpha value is -3.02. The molecule has 2 saturated carbocycles. The van der Waals surface area contributed by atoms with Gasteiger partial charge < -0.3 is 9.47 Å². The largest absolute Gasteiger partial charge is 0.466 e. The number of nitrogens with zero attached hydrogens (tertiary/aromatic N) is 1. The number of esters is 2. The number of benzene rings is 1. The highest BCUT2D eigenvalue weighted by molar-refractivity contribution is 5.76. The molecule has 6 heteroatoms. The Balaban J connectivity index is 1.34. The summed E-state index contributed by atoms with van der Waals surface area (Å²) in [5, 5.41) is 0. The fraction of sp³-hybridized carbons (Fsp3) is 0.500. The average Bonchev–Trinajstić information content (AvgIpc) is 3.15. The molecule has 0 bridgehead atoms. The van der Waals surface area contributed by atoms with Crippen LogP contribution in [0.3, 0.4) is 0 Å². The molecule has 0 amide bonds. The molecule has 2 aliphatic carbocycles. The maximum atomic E-state index is 13.6. The molecule has 0 N–H and O–H groups in total. The molecule has 0 spiro atoms. The van der Waals surface area contributed by atoms with E-state index >= 15 is 0 Å². The molecular weight excluding hydrogens is 457 g/mol. The minimum Gasteiger partial charge on any atom is -0.466 e. The van der Waals surface area contributed by atoms with Crippen LogP contribution >= 0.6 is 0 Å². The van der Waals surface area contributed by atoms with Crippen molar-refractivity contribution in [1.82, 2.24) is 4.98 Å². The Bertz CT molecular complexity index is 1130. The number of allylic oxidation sites excluding steroid dienone is 1. The van der Waals surface area contributed by atoms with E-state index in [-0.39, 0.29) is 41.6 Å². The first kappa shape index (κ1) is 24.7. The molecular formula is C30H34FNO4. The predicted octanol–water partition coefficient (Wildman–Crippen LogP) is 6.08. The lowest BCUT2D eigenvalue weighted by Crippen LogP contribution is -2.44. The first-order valence-corrected chi connectivity index (χ1v) is 13.2. The molecule has 7 atom stereocenters. The van der Waals surface area contributed by atoms with Crippen molar-refractivity contribution in [2.24, 2.45) is 35.5 Å². The number of pyridine rings is 1. The van der Waals surface area contributed by atoms with Crippen LogP contribution in [0, 0.1) is 41.3 Å². The van der Waals surface area contributed by atoms with Crippen molar-refractivity contribution in [2.45, 2.75) is 52.1 Å². The van der Waals surface area contributed by atoms with Crippen LogP contribution < -0.4 is 0 Å².